The van der Waals surface area contributed by atoms with Crippen LogP contribution in [-0.4, -0.2) is 54.1 Å². The fourth-order valence-electron chi connectivity index (χ4n) is 2.58. The van der Waals surface area contributed by atoms with E-state index in [0.29, 0.717) is 0 Å². The molecule has 2 aliphatic rings. The summed E-state index contributed by atoms with van der Waals surface area (Å²) in [6.45, 7) is 5.50. The molecule has 1 N–H and O–H groups in total. The number of aromatic nitrogens is 2. The number of anilines is 1. The van der Waals surface area contributed by atoms with Crippen LogP contribution in [0.25, 0.3) is 0 Å². The third-order valence-corrected chi connectivity index (χ3v) is 4.18. The third-order valence-electron chi connectivity index (χ3n) is 4.18. The molecule has 1 aromatic heterocycles. The van der Waals surface area contributed by atoms with Gasteiger partial charge in [-0.3, -0.25) is 4.98 Å². The second kappa shape index (κ2) is 6.50. The van der Waals surface area contributed by atoms with Gasteiger partial charge in [0.25, 0.3) is 0 Å². The summed E-state index contributed by atoms with van der Waals surface area (Å²) in [7, 11) is 2.10. The molecule has 1 aliphatic heterocycles. The number of hydrogen-bond donors (Lipinski definition) is 1. The van der Waals surface area contributed by atoms with Crippen LogP contribution in [0.1, 0.15) is 31.4 Å². The SMILES string of the molecule is CN(CCN1CCCC1)c1cnc(CNC2CC2)cn1. The lowest BCUT2D eigenvalue weighted by molar-refractivity contribution is 0.346. The maximum absolute atomic E-state index is 4.53. The topological polar surface area (TPSA) is 44.3 Å². The lowest BCUT2D eigenvalue weighted by Gasteiger charge is -2.22. The Bertz CT molecular complexity index is 409. The normalized spacial score (nSPS) is 19.4. The molecule has 0 atom stereocenters. The van der Waals surface area contributed by atoms with Crippen molar-refractivity contribution in [2.75, 3.05) is 38.1 Å². The Morgan fingerprint density at radius 3 is 2.70 bits per heavy atom. The zero-order chi connectivity index (χ0) is 13.8. The number of likely N-dealkylation sites (N-methyl/N-ethyl adjacent to an activating group) is 1. The molecule has 0 unspecified atom stereocenters. The van der Waals surface area contributed by atoms with Crippen molar-refractivity contribution < 1.29 is 0 Å². The van der Waals surface area contributed by atoms with Gasteiger partial charge in [0.2, 0.25) is 0 Å². The first-order valence-electron chi connectivity index (χ1n) is 7.79. The van der Waals surface area contributed by atoms with Gasteiger partial charge in [0.05, 0.1) is 18.1 Å². The van der Waals surface area contributed by atoms with Gasteiger partial charge < -0.3 is 15.1 Å². The van der Waals surface area contributed by atoms with Crippen molar-refractivity contribution in [1.29, 1.82) is 0 Å². The van der Waals surface area contributed by atoms with Crippen molar-refractivity contribution in [2.24, 2.45) is 0 Å². The Balaban J connectivity index is 1.45. The van der Waals surface area contributed by atoms with Crippen LogP contribution >= 0.6 is 0 Å². The minimum atomic E-state index is 0.722. The summed E-state index contributed by atoms with van der Waals surface area (Å²) < 4.78 is 0. The standard InChI is InChI=1S/C15H25N5/c1-19(8-9-20-6-2-3-7-20)15-12-17-14(11-18-15)10-16-13-4-5-13/h11-13,16H,2-10H2,1H3. The highest BCUT2D eigenvalue weighted by molar-refractivity contribution is 5.34. The molecule has 1 saturated heterocycles. The van der Waals surface area contributed by atoms with Gasteiger partial charge in [-0.15, -0.1) is 0 Å². The van der Waals surface area contributed by atoms with Crippen LogP contribution in [-0.2, 0) is 6.54 Å². The van der Waals surface area contributed by atoms with Crippen LogP contribution in [0.15, 0.2) is 12.4 Å². The van der Waals surface area contributed by atoms with Gasteiger partial charge in [0.15, 0.2) is 0 Å². The highest BCUT2D eigenvalue weighted by Crippen LogP contribution is 2.19. The smallest absolute Gasteiger partial charge is 0.146 e. The van der Waals surface area contributed by atoms with E-state index in [1.54, 1.807) is 0 Å². The van der Waals surface area contributed by atoms with Gasteiger partial charge >= 0.3 is 0 Å². The predicted octanol–water partition coefficient (Wildman–Crippen LogP) is 1.26. The molecule has 0 bridgehead atoms. The van der Waals surface area contributed by atoms with E-state index in [9.17, 15) is 0 Å². The van der Waals surface area contributed by atoms with Crippen LogP contribution < -0.4 is 10.2 Å². The van der Waals surface area contributed by atoms with Crippen LogP contribution in [0.3, 0.4) is 0 Å². The minimum absolute atomic E-state index is 0.722. The van der Waals surface area contributed by atoms with Crippen molar-refractivity contribution in [2.45, 2.75) is 38.3 Å². The first-order chi connectivity index (χ1) is 9.81. The van der Waals surface area contributed by atoms with Gasteiger partial charge in [-0.2, -0.15) is 0 Å². The minimum Gasteiger partial charge on any atom is -0.357 e. The van der Waals surface area contributed by atoms with E-state index in [4.69, 9.17) is 0 Å². The number of hydrogen-bond acceptors (Lipinski definition) is 5. The molecule has 3 rings (SSSR count). The van der Waals surface area contributed by atoms with Gasteiger partial charge in [-0.25, -0.2) is 4.98 Å². The van der Waals surface area contributed by atoms with Gasteiger partial charge in [0, 0.05) is 32.7 Å². The molecule has 0 spiro atoms. The number of rotatable bonds is 7. The van der Waals surface area contributed by atoms with E-state index in [1.165, 1.54) is 38.8 Å². The van der Waals surface area contributed by atoms with Gasteiger partial charge in [0.1, 0.15) is 5.82 Å². The summed E-state index contributed by atoms with van der Waals surface area (Å²) in [4.78, 5) is 13.7. The molecule has 1 aliphatic carbocycles. The van der Waals surface area contributed by atoms with Crippen LogP contribution in [0, 0.1) is 0 Å². The largest absolute Gasteiger partial charge is 0.357 e. The second-order valence-corrected chi connectivity index (χ2v) is 5.99. The van der Waals surface area contributed by atoms with Crippen molar-refractivity contribution in [3.8, 4) is 0 Å². The fraction of sp³-hybridized carbons (Fsp3) is 0.733. The number of nitrogens with zero attached hydrogens (tertiary/aromatic N) is 4. The molecule has 20 heavy (non-hydrogen) atoms. The van der Waals surface area contributed by atoms with E-state index < -0.39 is 0 Å². The quantitative estimate of drug-likeness (QED) is 0.811. The molecule has 0 aromatic carbocycles. The van der Waals surface area contributed by atoms with E-state index in [1.807, 2.05) is 12.4 Å². The van der Waals surface area contributed by atoms with E-state index in [0.717, 1.165) is 37.2 Å². The average molecular weight is 275 g/mol. The van der Waals surface area contributed by atoms with Crippen LogP contribution in [0.4, 0.5) is 5.82 Å². The van der Waals surface area contributed by atoms with E-state index in [-0.39, 0.29) is 0 Å². The Morgan fingerprint density at radius 2 is 2.05 bits per heavy atom. The third kappa shape index (κ3) is 3.90. The predicted molar refractivity (Wildman–Crippen MR) is 80.8 cm³/mol. The Hall–Kier alpha value is -1.20. The fourth-order valence-corrected chi connectivity index (χ4v) is 2.58. The molecular formula is C15H25N5. The highest BCUT2D eigenvalue weighted by Gasteiger charge is 2.20. The van der Waals surface area contributed by atoms with E-state index in [2.05, 4.69) is 32.1 Å². The van der Waals surface area contributed by atoms with Gasteiger partial charge in [-0.05, 0) is 38.8 Å². The number of nitrogens with one attached hydrogen (secondary N) is 1. The zero-order valence-corrected chi connectivity index (χ0v) is 12.4. The second-order valence-electron chi connectivity index (χ2n) is 5.99. The van der Waals surface area contributed by atoms with Crippen molar-refractivity contribution in [3.63, 3.8) is 0 Å². The average Bonchev–Trinajstić information content (AvgIpc) is 3.17. The first kappa shape index (κ1) is 13.8. The lowest BCUT2D eigenvalue weighted by atomic mass is 10.4. The maximum Gasteiger partial charge on any atom is 0.146 e. The summed E-state index contributed by atoms with van der Waals surface area (Å²) in [6, 6.07) is 0.722. The molecule has 2 fully saturated rings. The molecular weight excluding hydrogens is 250 g/mol. The highest BCUT2D eigenvalue weighted by atomic mass is 15.2. The molecule has 5 heteroatoms. The monoisotopic (exact) mass is 275 g/mol. The molecule has 1 saturated carbocycles. The van der Waals surface area contributed by atoms with Crippen LogP contribution in [0.2, 0.25) is 0 Å². The Labute approximate surface area is 121 Å². The molecule has 0 amide bonds. The Kier molecular flexibility index (Phi) is 4.47. The Morgan fingerprint density at radius 1 is 1.25 bits per heavy atom. The first-order valence-corrected chi connectivity index (χ1v) is 7.79. The lowest BCUT2D eigenvalue weighted by Crippen LogP contribution is -2.31. The summed E-state index contributed by atoms with van der Waals surface area (Å²) >= 11 is 0. The van der Waals surface area contributed by atoms with E-state index >= 15 is 0 Å². The zero-order valence-electron chi connectivity index (χ0n) is 12.4. The maximum atomic E-state index is 4.53. The summed E-state index contributed by atoms with van der Waals surface area (Å²) in [5, 5.41) is 3.46. The van der Waals surface area contributed by atoms with Crippen molar-refractivity contribution in [3.05, 3.63) is 18.1 Å². The summed E-state index contributed by atoms with van der Waals surface area (Å²) in [6.07, 6.45) is 9.12. The van der Waals surface area contributed by atoms with Crippen molar-refractivity contribution >= 4 is 5.82 Å². The molecule has 110 valence electrons. The van der Waals surface area contributed by atoms with Crippen molar-refractivity contribution in [1.82, 2.24) is 20.2 Å². The van der Waals surface area contributed by atoms with Crippen LogP contribution in [0.5, 0.6) is 0 Å². The van der Waals surface area contributed by atoms with Gasteiger partial charge in [-0.1, -0.05) is 0 Å². The molecule has 2 heterocycles. The summed E-state index contributed by atoms with van der Waals surface area (Å²) in [5.41, 5.74) is 1.04. The summed E-state index contributed by atoms with van der Waals surface area (Å²) in [5.74, 6) is 0.972. The molecule has 1 aromatic rings. The molecule has 0 radical (unpaired) electrons. The molecule has 5 nitrogen and oxygen atoms in total. The number of likely N-dealkylation sites (tertiary alicyclic amines) is 1.